The number of thioether (sulfide) groups is 1. The van der Waals surface area contributed by atoms with E-state index in [9.17, 15) is 0 Å². The van der Waals surface area contributed by atoms with Gasteiger partial charge in [-0.15, -0.1) is 0 Å². The van der Waals surface area contributed by atoms with E-state index in [1.54, 1.807) is 11.8 Å². The van der Waals surface area contributed by atoms with Crippen LogP contribution in [-0.4, -0.2) is 28.7 Å². The maximum Gasteiger partial charge on any atom is 0.180 e. The largest absolute Gasteiger partial charge is 0.256 e. The van der Waals surface area contributed by atoms with Crippen molar-refractivity contribution in [3.05, 3.63) is 71.8 Å². The molecular formula is C17H17N3S. The quantitative estimate of drug-likeness (QED) is 0.865. The molecule has 0 bridgehead atoms. The van der Waals surface area contributed by atoms with Crippen LogP contribution in [0.2, 0.25) is 0 Å². The Hall–Kier alpha value is -2.07. The van der Waals surface area contributed by atoms with E-state index in [-0.39, 0.29) is 0 Å². The van der Waals surface area contributed by atoms with Gasteiger partial charge in [-0.3, -0.25) is 4.99 Å². The minimum absolute atomic E-state index is 0.698. The third kappa shape index (κ3) is 3.52. The first-order valence-electron chi connectivity index (χ1n) is 6.91. The smallest absolute Gasteiger partial charge is 0.180 e. The molecule has 0 atom stereocenters. The Kier molecular flexibility index (Phi) is 4.36. The van der Waals surface area contributed by atoms with Crippen LogP contribution in [0.5, 0.6) is 0 Å². The van der Waals surface area contributed by atoms with E-state index < -0.39 is 0 Å². The summed E-state index contributed by atoms with van der Waals surface area (Å²) in [7, 11) is 1.96. The van der Waals surface area contributed by atoms with Gasteiger partial charge in [0.2, 0.25) is 0 Å². The van der Waals surface area contributed by atoms with E-state index in [1.165, 1.54) is 11.1 Å². The van der Waals surface area contributed by atoms with Crippen LogP contribution in [-0.2, 0) is 6.54 Å². The molecule has 2 aromatic rings. The molecular weight excluding hydrogens is 278 g/mol. The Balaban J connectivity index is 1.72. The van der Waals surface area contributed by atoms with Crippen molar-refractivity contribution in [2.75, 3.05) is 12.8 Å². The van der Waals surface area contributed by atoms with Crippen LogP contribution in [0.1, 0.15) is 11.1 Å². The Morgan fingerprint density at radius 2 is 1.71 bits per heavy atom. The summed E-state index contributed by atoms with van der Waals surface area (Å²) in [6.07, 6.45) is 0. The van der Waals surface area contributed by atoms with Crippen molar-refractivity contribution in [2.45, 2.75) is 6.54 Å². The maximum atomic E-state index is 4.66. The standard InChI is InChI=1S/C17H17N3S/c1-20-17(18-12-14-8-4-2-5-9-14)21-13-16(19-20)15-10-6-3-7-11-15/h2-11H,12-13H2,1H3. The Morgan fingerprint density at radius 3 is 2.38 bits per heavy atom. The Morgan fingerprint density at radius 1 is 1.05 bits per heavy atom. The van der Waals surface area contributed by atoms with Crippen molar-refractivity contribution in [2.24, 2.45) is 10.1 Å². The van der Waals surface area contributed by atoms with Crippen molar-refractivity contribution in [3.63, 3.8) is 0 Å². The zero-order chi connectivity index (χ0) is 14.5. The zero-order valence-corrected chi connectivity index (χ0v) is 12.8. The topological polar surface area (TPSA) is 28.0 Å². The Bertz CT molecular complexity index is 650. The van der Waals surface area contributed by atoms with Crippen LogP contribution < -0.4 is 0 Å². The zero-order valence-electron chi connectivity index (χ0n) is 11.9. The van der Waals surface area contributed by atoms with Gasteiger partial charge in [0, 0.05) is 12.8 Å². The lowest BCUT2D eigenvalue weighted by Crippen LogP contribution is -2.27. The number of hydrogen-bond acceptors (Lipinski definition) is 3. The molecule has 2 aromatic carbocycles. The van der Waals surface area contributed by atoms with E-state index in [0.717, 1.165) is 16.6 Å². The van der Waals surface area contributed by atoms with E-state index in [1.807, 2.05) is 48.5 Å². The molecule has 106 valence electrons. The fourth-order valence-electron chi connectivity index (χ4n) is 2.14. The van der Waals surface area contributed by atoms with Crippen molar-refractivity contribution >= 4 is 22.6 Å². The molecule has 1 heterocycles. The fourth-order valence-corrected chi connectivity index (χ4v) is 3.01. The molecule has 0 aromatic heterocycles. The first-order valence-corrected chi connectivity index (χ1v) is 7.89. The van der Waals surface area contributed by atoms with Gasteiger partial charge in [0.05, 0.1) is 12.3 Å². The first-order chi connectivity index (χ1) is 10.3. The van der Waals surface area contributed by atoms with Crippen molar-refractivity contribution < 1.29 is 0 Å². The van der Waals surface area contributed by atoms with Crippen molar-refractivity contribution in [1.82, 2.24) is 5.01 Å². The molecule has 0 spiro atoms. The van der Waals surface area contributed by atoms with E-state index >= 15 is 0 Å². The average Bonchev–Trinajstić information content (AvgIpc) is 2.55. The first kappa shape index (κ1) is 13.9. The molecule has 0 radical (unpaired) electrons. The molecule has 0 saturated heterocycles. The summed E-state index contributed by atoms with van der Waals surface area (Å²) in [6, 6.07) is 20.6. The van der Waals surface area contributed by atoms with Crippen molar-refractivity contribution in [3.8, 4) is 0 Å². The predicted molar refractivity (Wildman–Crippen MR) is 90.8 cm³/mol. The molecule has 0 amide bonds. The monoisotopic (exact) mass is 295 g/mol. The second-order valence-electron chi connectivity index (χ2n) is 4.81. The van der Waals surface area contributed by atoms with Crippen LogP contribution in [0, 0.1) is 0 Å². The van der Waals surface area contributed by atoms with Gasteiger partial charge in [-0.05, 0) is 11.1 Å². The molecule has 1 aliphatic rings. The minimum Gasteiger partial charge on any atom is -0.256 e. The summed E-state index contributed by atoms with van der Waals surface area (Å²) in [5, 5.41) is 7.49. The fraction of sp³-hybridized carbons (Fsp3) is 0.176. The molecule has 1 aliphatic heterocycles. The molecule has 3 rings (SSSR count). The van der Waals surface area contributed by atoms with E-state index in [4.69, 9.17) is 0 Å². The molecule has 0 N–H and O–H groups in total. The number of nitrogens with zero attached hydrogens (tertiary/aromatic N) is 3. The highest BCUT2D eigenvalue weighted by Crippen LogP contribution is 2.19. The number of hydrazone groups is 1. The molecule has 21 heavy (non-hydrogen) atoms. The van der Waals surface area contributed by atoms with E-state index in [2.05, 4.69) is 34.4 Å². The third-order valence-electron chi connectivity index (χ3n) is 3.23. The van der Waals surface area contributed by atoms with Gasteiger partial charge in [-0.1, -0.05) is 72.4 Å². The number of amidine groups is 1. The molecule has 3 nitrogen and oxygen atoms in total. The second kappa shape index (κ2) is 6.59. The van der Waals surface area contributed by atoms with Gasteiger partial charge >= 0.3 is 0 Å². The minimum atomic E-state index is 0.698. The highest BCUT2D eigenvalue weighted by atomic mass is 32.2. The summed E-state index contributed by atoms with van der Waals surface area (Å²) in [5.74, 6) is 0.863. The van der Waals surface area contributed by atoms with Crippen molar-refractivity contribution in [1.29, 1.82) is 0 Å². The highest BCUT2D eigenvalue weighted by molar-refractivity contribution is 8.14. The highest BCUT2D eigenvalue weighted by Gasteiger charge is 2.17. The summed E-state index contributed by atoms with van der Waals surface area (Å²) in [5.41, 5.74) is 3.50. The number of benzene rings is 2. The van der Waals surface area contributed by atoms with Gasteiger partial charge in [0.15, 0.2) is 5.17 Å². The SMILES string of the molecule is CN1N=C(c2ccccc2)CSC1=NCc1ccccc1. The summed E-state index contributed by atoms with van der Waals surface area (Å²) >= 11 is 1.74. The summed E-state index contributed by atoms with van der Waals surface area (Å²) in [4.78, 5) is 4.66. The van der Waals surface area contributed by atoms with Gasteiger partial charge in [0.1, 0.15) is 0 Å². The number of aliphatic imine (C=N–C) groups is 1. The molecule has 0 saturated carbocycles. The van der Waals surface area contributed by atoms with Crippen LogP contribution in [0.3, 0.4) is 0 Å². The normalized spacial score (nSPS) is 16.9. The molecule has 4 heteroatoms. The van der Waals surface area contributed by atoms with Crippen LogP contribution >= 0.6 is 11.8 Å². The maximum absolute atomic E-state index is 4.66. The molecule has 0 aliphatic carbocycles. The summed E-state index contributed by atoms with van der Waals surface area (Å²) < 4.78 is 0. The average molecular weight is 295 g/mol. The Labute approximate surface area is 129 Å². The number of hydrogen-bond donors (Lipinski definition) is 0. The van der Waals surface area contributed by atoms with Crippen LogP contribution in [0.15, 0.2) is 70.8 Å². The lowest BCUT2D eigenvalue weighted by Gasteiger charge is -2.22. The third-order valence-corrected chi connectivity index (χ3v) is 4.30. The van der Waals surface area contributed by atoms with Gasteiger partial charge in [-0.25, -0.2) is 5.01 Å². The molecule has 0 fully saturated rings. The van der Waals surface area contributed by atoms with Crippen LogP contribution in [0.25, 0.3) is 0 Å². The lowest BCUT2D eigenvalue weighted by molar-refractivity contribution is 0.550. The second-order valence-corrected chi connectivity index (χ2v) is 5.75. The lowest BCUT2D eigenvalue weighted by atomic mass is 10.1. The van der Waals surface area contributed by atoms with E-state index in [0.29, 0.717) is 6.54 Å². The van der Waals surface area contributed by atoms with Crippen LogP contribution in [0.4, 0.5) is 0 Å². The number of rotatable bonds is 3. The van der Waals surface area contributed by atoms with Gasteiger partial charge < -0.3 is 0 Å². The molecule has 0 unspecified atom stereocenters. The predicted octanol–water partition coefficient (Wildman–Crippen LogP) is 3.63. The summed E-state index contributed by atoms with van der Waals surface area (Å²) in [6.45, 7) is 0.698. The van der Waals surface area contributed by atoms with Gasteiger partial charge in [0.25, 0.3) is 0 Å². The van der Waals surface area contributed by atoms with Gasteiger partial charge in [-0.2, -0.15) is 5.10 Å².